The van der Waals surface area contributed by atoms with Crippen LogP contribution in [-0.4, -0.2) is 109 Å². The number of rotatable bonds is 23. The number of nitrogens with one attached hydrogen (secondary N) is 6. The van der Waals surface area contributed by atoms with Crippen molar-refractivity contribution in [3.8, 4) is 0 Å². The van der Waals surface area contributed by atoms with Gasteiger partial charge in [-0.3, -0.25) is 33.8 Å². The van der Waals surface area contributed by atoms with E-state index in [-0.39, 0.29) is 74.2 Å². The highest BCUT2D eigenvalue weighted by molar-refractivity contribution is 6.15. The van der Waals surface area contributed by atoms with Crippen LogP contribution in [0.3, 0.4) is 0 Å². The Labute approximate surface area is 387 Å². The van der Waals surface area contributed by atoms with Crippen molar-refractivity contribution >= 4 is 47.2 Å². The van der Waals surface area contributed by atoms with Crippen molar-refractivity contribution in [1.29, 1.82) is 0 Å². The number of aromatic nitrogens is 1. The zero-order chi connectivity index (χ0) is 48.1. The van der Waals surface area contributed by atoms with Crippen LogP contribution in [0.5, 0.6) is 0 Å². The molecule has 4 aliphatic rings. The first-order chi connectivity index (χ1) is 32.3. The molecule has 358 valence electrons. The number of unbranched alkanes of at least 4 members (excludes halogenated alkanes) is 2. The van der Waals surface area contributed by atoms with Gasteiger partial charge in [0, 0.05) is 36.4 Å². The number of dihydropyridines is 1. The van der Waals surface area contributed by atoms with Crippen molar-refractivity contribution in [3.05, 3.63) is 104 Å². The van der Waals surface area contributed by atoms with E-state index in [0.717, 1.165) is 36.1 Å². The normalized spacial score (nSPS) is 18.3. The average molecular weight is 927 g/mol. The van der Waals surface area contributed by atoms with Gasteiger partial charge in [-0.1, -0.05) is 56.2 Å². The predicted octanol–water partition coefficient (Wildman–Crippen LogP) is 0.303. The van der Waals surface area contributed by atoms with Crippen molar-refractivity contribution < 1.29 is 52.9 Å². The van der Waals surface area contributed by atoms with Gasteiger partial charge in [-0.15, -0.1) is 0 Å². The summed E-state index contributed by atoms with van der Waals surface area (Å²) in [5, 5.41) is 26.7. The number of nitrogens with zero attached hydrogens (tertiary/aromatic N) is 2. The zero-order valence-electron chi connectivity index (χ0n) is 37.9. The molecular weight excluding hydrogens is 869 g/mol. The minimum Gasteiger partial charge on any atom is -0.458 e. The van der Waals surface area contributed by atoms with Gasteiger partial charge >= 0.3 is 11.9 Å². The molecule has 67 heavy (non-hydrogen) atoms. The molecule has 3 aliphatic heterocycles. The van der Waals surface area contributed by atoms with Crippen molar-refractivity contribution in [3.63, 3.8) is 0 Å². The number of fused-ring (bicyclic) bond motifs is 5. The Hall–Kier alpha value is -6.77. The SMILES string of the molecule is CCC1=C2Cn3c(cc4c(c3=O)COC(=O)C4(O)CC)C2=NC2=CC=C(OC(=O)COCNC(=O)CNC(=O)C(Cc3ccccc3)NC(=O)CNC(=O)CNC(=O)CCCCCNC)CC21. The van der Waals surface area contributed by atoms with E-state index in [2.05, 4.69) is 31.9 Å². The highest BCUT2D eigenvalue weighted by atomic mass is 16.6. The summed E-state index contributed by atoms with van der Waals surface area (Å²) in [6.07, 6.45) is 7.23. The number of pyridine rings is 1. The number of carbonyl (C=O) groups excluding carboxylic acids is 7. The second kappa shape index (κ2) is 23.1. The number of hydrogen-bond donors (Lipinski definition) is 7. The molecule has 0 saturated heterocycles. The van der Waals surface area contributed by atoms with E-state index in [9.17, 15) is 43.5 Å². The van der Waals surface area contributed by atoms with Gasteiger partial charge in [-0.25, -0.2) is 9.59 Å². The van der Waals surface area contributed by atoms with Crippen molar-refractivity contribution in [2.24, 2.45) is 10.9 Å². The van der Waals surface area contributed by atoms with Crippen molar-refractivity contribution in [2.45, 2.75) is 90.0 Å². The Balaban J connectivity index is 0.943. The van der Waals surface area contributed by atoms with E-state index in [1.807, 2.05) is 14.0 Å². The Kier molecular flexibility index (Phi) is 17.1. The molecule has 20 nitrogen and oxygen atoms in total. The predicted molar refractivity (Wildman–Crippen MR) is 241 cm³/mol. The fourth-order valence-electron chi connectivity index (χ4n) is 8.35. The molecule has 1 aromatic carbocycles. The van der Waals surface area contributed by atoms with Crippen LogP contribution in [0.1, 0.15) is 81.2 Å². The smallest absolute Gasteiger partial charge is 0.343 e. The van der Waals surface area contributed by atoms with Crippen LogP contribution in [0.4, 0.5) is 0 Å². The number of aliphatic imine (C=N–C) groups is 1. The van der Waals surface area contributed by atoms with E-state index < -0.39 is 66.9 Å². The molecule has 1 aliphatic carbocycles. The van der Waals surface area contributed by atoms with Gasteiger partial charge in [0.1, 0.15) is 31.7 Å². The maximum Gasteiger partial charge on any atom is 0.343 e. The Morgan fingerprint density at radius 2 is 1.66 bits per heavy atom. The fraction of sp³-hybridized carbons (Fsp3) is 0.468. The van der Waals surface area contributed by atoms with Gasteiger partial charge in [0.05, 0.1) is 43.1 Å². The minimum atomic E-state index is -1.94. The molecule has 6 rings (SSSR count). The molecule has 0 fully saturated rings. The summed E-state index contributed by atoms with van der Waals surface area (Å²) in [5.41, 5.74) is 2.61. The van der Waals surface area contributed by atoms with Crippen LogP contribution in [0, 0.1) is 5.92 Å². The fourth-order valence-corrected chi connectivity index (χ4v) is 8.35. The standard InChI is InChI=1S/C47H58N8O12/c1-4-30-31-19-29(15-16-35(31)54-43-32(30)24-55-37(43)20-34-33(45(55)62)25-66-46(63)47(34,64)5-2)67-42(60)26-65-27-52-40(58)22-51-44(61)36(18-28-12-8-6-9-13-28)53-41(59)23-50-39(57)21-49-38(56)14-10-7-11-17-48-3/h6,8-9,12-13,15-16,20,31,36,48,64H,4-5,7,10-11,14,17-19,21-27H2,1-3H3,(H,49,56)(H,50,57)(H,51,61)(H,52,58)(H,53,59). The number of cyclic esters (lactones) is 1. The Morgan fingerprint density at radius 1 is 0.925 bits per heavy atom. The Bertz CT molecular complexity index is 2440. The third kappa shape index (κ3) is 12.4. The molecule has 1 aromatic heterocycles. The molecule has 0 saturated carbocycles. The minimum absolute atomic E-state index is 0.0338. The average Bonchev–Trinajstić information content (AvgIpc) is 3.69. The first-order valence-corrected chi connectivity index (χ1v) is 22.5. The number of aliphatic hydroxyl groups is 1. The van der Waals surface area contributed by atoms with Gasteiger partial charge in [-0.2, -0.15) is 0 Å². The topological polar surface area (TPSA) is 274 Å². The molecule has 7 N–H and O–H groups in total. The second-order valence-electron chi connectivity index (χ2n) is 16.5. The Morgan fingerprint density at radius 3 is 2.40 bits per heavy atom. The van der Waals surface area contributed by atoms with Gasteiger partial charge < -0.3 is 55.8 Å². The van der Waals surface area contributed by atoms with Crippen LogP contribution in [0.2, 0.25) is 0 Å². The number of esters is 2. The van der Waals surface area contributed by atoms with E-state index in [4.69, 9.17) is 19.2 Å². The number of ether oxygens (including phenoxy) is 3. The summed E-state index contributed by atoms with van der Waals surface area (Å²) in [6, 6.07) is 9.46. The summed E-state index contributed by atoms with van der Waals surface area (Å²) in [4.78, 5) is 107. The lowest BCUT2D eigenvalue weighted by atomic mass is 9.80. The lowest BCUT2D eigenvalue weighted by Gasteiger charge is -2.32. The molecule has 3 atom stereocenters. The van der Waals surface area contributed by atoms with Crippen LogP contribution >= 0.6 is 0 Å². The monoisotopic (exact) mass is 926 g/mol. The van der Waals surface area contributed by atoms with Crippen molar-refractivity contribution in [1.82, 2.24) is 36.5 Å². The van der Waals surface area contributed by atoms with Gasteiger partial charge in [-0.05, 0) is 68.6 Å². The zero-order valence-corrected chi connectivity index (χ0v) is 37.9. The summed E-state index contributed by atoms with van der Waals surface area (Å²) in [5.74, 6) is -4.17. The van der Waals surface area contributed by atoms with Gasteiger partial charge in [0.15, 0.2) is 5.60 Å². The van der Waals surface area contributed by atoms with Crippen LogP contribution in [-0.2, 0) is 72.9 Å². The maximum absolute atomic E-state index is 13.7. The summed E-state index contributed by atoms with van der Waals surface area (Å²) in [7, 11) is 1.86. The molecule has 0 radical (unpaired) electrons. The van der Waals surface area contributed by atoms with E-state index in [1.54, 1.807) is 60.0 Å². The van der Waals surface area contributed by atoms with Gasteiger partial charge in [0.25, 0.3) is 5.56 Å². The molecule has 20 heteroatoms. The molecule has 4 heterocycles. The summed E-state index contributed by atoms with van der Waals surface area (Å²) >= 11 is 0. The highest BCUT2D eigenvalue weighted by Gasteiger charge is 2.46. The van der Waals surface area contributed by atoms with Crippen LogP contribution in [0.15, 0.2) is 80.9 Å². The molecule has 0 bridgehead atoms. The number of amides is 5. The third-order valence-corrected chi connectivity index (χ3v) is 11.9. The molecule has 2 aromatic rings. The molecule has 0 spiro atoms. The first kappa shape index (κ1) is 49.7. The number of allylic oxidation sites excluding steroid dienone is 5. The first-order valence-electron chi connectivity index (χ1n) is 22.5. The molecule has 5 amide bonds. The second-order valence-corrected chi connectivity index (χ2v) is 16.5. The summed E-state index contributed by atoms with van der Waals surface area (Å²) < 4.78 is 17.7. The largest absolute Gasteiger partial charge is 0.458 e. The van der Waals surface area contributed by atoms with E-state index in [1.165, 1.54) is 0 Å². The molecule has 3 unspecified atom stereocenters. The van der Waals surface area contributed by atoms with Crippen LogP contribution in [0.25, 0.3) is 0 Å². The van der Waals surface area contributed by atoms with E-state index in [0.29, 0.717) is 42.1 Å². The van der Waals surface area contributed by atoms with Crippen molar-refractivity contribution in [2.75, 3.05) is 46.6 Å². The molecular formula is C47H58N8O12. The van der Waals surface area contributed by atoms with Crippen LogP contribution < -0.4 is 37.5 Å². The lowest BCUT2D eigenvalue weighted by Crippen LogP contribution is -2.52. The lowest BCUT2D eigenvalue weighted by molar-refractivity contribution is -0.172. The number of carbonyl (C=O) groups is 7. The quantitative estimate of drug-likeness (QED) is 0.0450. The van der Waals surface area contributed by atoms with Gasteiger partial charge in [0.2, 0.25) is 29.5 Å². The maximum atomic E-state index is 13.7. The van der Waals surface area contributed by atoms with E-state index >= 15 is 0 Å². The third-order valence-electron chi connectivity index (χ3n) is 11.9. The number of benzene rings is 1. The number of hydrogen-bond acceptors (Lipinski definition) is 14. The highest BCUT2D eigenvalue weighted by Crippen LogP contribution is 2.43. The summed E-state index contributed by atoms with van der Waals surface area (Å²) in [6.45, 7) is 2.43.